The Hall–Kier alpha value is -5.43. The van der Waals surface area contributed by atoms with Crippen molar-refractivity contribution in [2.24, 2.45) is 23.7 Å². The number of hydrogen-bond acceptors (Lipinski definition) is 3. The van der Waals surface area contributed by atoms with Crippen LogP contribution in [0.5, 0.6) is 0 Å². The molecule has 7 nitrogen and oxygen atoms in total. The van der Waals surface area contributed by atoms with Gasteiger partial charge in [-0.15, -0.1) is 0 Å². The molecule has 4 unspecified atom stereocenters. The number of fused-ring (bicyclic) bond motifs is 4. The van der Waals surface area contributed by atoms with Gasteiger partial charge in [-0.2, -0.15) is 0 Å². The molecule has 6 aromatic rings. The molecule has 1 aliphatic heterocycles. The molecule has 2 aromatic heterocycles. The molecular formula is C45H44N4O3. The standard InChI is InChI=1S/C45H44N4O3/c1-5-46-33(31-17-9-13-27-15-11-19-35(46)37(27)31)25-23-29-21-22-30(24-26-34-32-18-10-14-28-16-12-20-36(38(28)32)47(34)6-2)40-39(29)41-42(40)44(51)49(8-4)45(52)48(7-3)43(41)50/h9-20,23-26,39-42H,5-8,21-22H2,1-4H3/b29-23-,30-24-,33-25-,34-26-. The van der Waals surface area contributed by atoms with Crippen LogP contribution >= 0.6 is 0 Å². The SMILES string of the molecule is CCN1C(=O)C2C(C(=O)N(CC)C1=O)C1/C(=C\C=c3\c4cccc5cccc(c54)n3CC)CC/C(=C/C=c3/c4cccc5cccc(c54)n3CC)C21. The first-order chi connectivity index (χ1) is 25.4. The van der Waals surface area contributed by atoms with Crippen molar-refractivity contribution in [2.45, 2.75) is 53.6 Å². The van der Waals surface area contributed by atoms with Crippen LogP contribution < -0.4 is 10.7 Å². The van der Waals surface area contributed by atoms with E-state index >= 15 is 0 Å². The van der Waals surface area contributed by atoms with Crippen LogP contribution in [0, 0.1) is 23.7 Å². The van der Waals surface area contributed by atoms with Gasteiger partial charge in [0.2, 0.25) is 11.8 Å². The van der Waals surface area contributed by atoms with E-state index in [1.54, 1.807) is 0 Å². The van der Waals surface area contributed by atoms with Crippen LogP contribution in [0.4, 0.5) is 4.79 Å². The van der Waals surface area contributed by atoms with E-state index in [2.05, 4.69) is 120 Å². The Balaban J connectivity index is 1.22. The summed E-state index contributed by atoms with van der Waals surface area (Å²) in [5.41, 5.74) is 4.81. The van der Waals surface area contributed by atoms with E-state index in [1.807, 2.05) is 13.8 Å². The second-order valence-corrected chi connectivity index (χ2v) is 14.5. The molecule has 0 bridgehead atoms. The summed E-state index contributed by atoms with van der Waals surface area (Å²) >= 11 is 0. The van der Waals surface area contributed by atoms with Crippen molar-refractivity contribution in [2.75, 3.05) is 13.1 Å². The molecule has 4 aromatic carbocycles. The molecule has 3 heterocycles. The maximum Gasteiger partial charge on any atom is 0.333 e. The van der Waals surface area contributed by atoms with Crippen LogP contribution in [0.25, 0.3) is 55.5 Å². The highest BCUT2D eigenvalue weighted by atomic mass is 16.2. The second-order valence-electron chi connectivity index (χ2n) is 14.5. The van der Waals surface area contributed by atoms with Crippen molar-refractivity contribution in [1.82, 2.24) is 18.9 Å². The number of amides is 4. The minimum Gasteiger partial charge on any atom is -0.341 e. The van der Waals surface area contributed by atoms with Gasteiger partial charge in [0.1, 0.15) is 0 Å². The van der Waals surface area contributed by atoms with Crippen LogP contribution in [-0.4, -0.2) is 49.9 Å². The molecule has 4 atom stereocenters. The van der Waals surface area contributed by atoms with E-state index in [0.717, 1.165) is 36.6 Å². The van der Waals surface area contributed by atoms with E-state index in [4.69, 9.17) is 0 Å². The Morgan fingerprint density at radius 2 is 0.923 bits per heavy atom. The van der Waals surface area contributed by atoms with Crippen molar-refractivity contribution in [3.05, 3.63) is 107 Å². The van der Waals surface area contributed by atoms with Gasteiger partial charge >= 0.3 is 6.03 Å². The number of carbonyl (C=O) groups is 3. The Morgan fingerprint density at radius 3 is 1.31 bits per heavy atom. The highest BCUT2D eigenvalue weighted by Gasteiger charge is 2.64. The van der Waals surface area contributed by atoms with Crippen molar-refractivity contribution < 1.29 is 14.4 Å². The highest BCUT2D eigenvalue weighted by molar-refractivity contribution is 6.12. The zero-order valence-electron chi connectivity index (χ0n) is 30.3. The second kappa shape index (κ2) is 12.4. The lowest BCUT2D eigenvalue weighted by Crippen LogP contribution is -2.58. The van der Waals surface area contributed by atoms with Gasteiger partial charge in [-0.05, 0) is 87.4 Å². The van der Waals surface area contributed by atoms with Crippen LogP contribution in [0.3, 0.4) is 0 Å². The smallest absolute Gasteiger partial charge is 0.333 e. The third kappa shape index (κ3) is 4.47. The number of benzene rings is 4. The number of hydrogen-bond donors (Lipinski definition) is 0. The number of nitrogens with zero attached hydrogens (tertiary/aromatic N) is 4. The number of allylic oxidation sites excluding steroid dienone is 4. The molecule has 262 valence electrons. The molecule has 0 spiro atoms. The molecule has 3 fully saturated rings. The van der Waals surface area contributed by atoms with Crippen LogP contribution in [0.2, 0.25) is 0 Å². The fourth-order valence-corrected chi connectivity index (χ4v) is 10.1. The van der Waals surface area contributed by atoms with E-state index < -0.39 is 17.9 Å². The van der Waals surface area contributed by atoms with Crippen molar-refractivity contribution in [3.63, 3.8) is 0 Å². The number of rotatable bonds is 6. The molecule has 2 saturated carbocycles. The van der Waals surface area contributed by atoms with Gasteiger partial charge in [-0.3, -0.25) is 19.4 Å². The normalized spacial score (nSPS) is 24.7. The van der Waals surface area contributed by atoms with Crippen molar-refractivity contribution in [3.8, 4) is 0 Å². The van der Waals surface area contributed by atoms with Gasteiger partial charge in [0.05, 0.1) is 11.8 Å². The largest absolute Gasteiger partial charge is 0.341 e. The van der Waals surface area contributed by atoms with E-state index in [-0.39, 0.29) is 36.7 Å². The van der Waals surface area contributed by atoms with Crippen molar-refractivity contribution >= 4 is 73.3 Å². The number of imide groups is 2. The van der Waals surface area contributed by atoms with Gasteiger partial charge in [0, 0.05) is 69.5 Å². The molecule has 0 N–H and O–H groups in total. The molecule has 1 saturated heterocycles. The van der Waals surface area contributed by atoms with E-state index in [0.29, 0.717) is 0 Å². The van der Waals surface area contributed by atoms with Gasteiger partial charge in [-0.1, -0.05) is 84.0 Å². The zero-order valence-corrected chi connectivity index (χ0v) is 30.3. The highest BCUT2D eigenvalue weighted by Crippen LogP contribution is 2.59. The summed E-state index contributed by atoms with van der Waals surface area (Å²) in [4.78, 5) is 44.8. The lowest BCUT2D eigenvalue weighted by atomic mass is 9.48. The summed E-state index contributed by atoms with van der Waals surface area (Å²) in [6.07, 6.45) is 10.5. The summed E-state index contributed by atoms with van der Waals surface area (Å²) in [6, 6.07) is 25.4. The number of aryl methyl sites for hydroxylation is 2. The summed E-state index contributed by atoms with van der Waals surface area (Å²) in [5, 5.41) is 9.73. The molecule has 3 aliphatic rings. The summed E-state index contributed by atoms with van der Waals surface area (Å²) < 4.78 is 4.74. The van der Waals surface area contributed by atoms with Gasteiger partial charge in [0.15, 0.2) is 0 Å². The van der Waals surface area contributed by atoms with Gasteiger partial charge < -0.3 is 9.13 Å². The number of aromatic nitrogens is 2. The van der Waals surface area contributed by atoms with Crippen LogP contribution in [-0.2, 0) is 22.7 Å². The summed E-state index contributed by atoms with van der Waals surface area (Å²) in [6.45, 7) is 10.2. The molecular weight excluding hydrogens is 645 g/mol. The van der Waals surface area contributed by atoms with E-state index in [9.17, 15) is 14.4 Å². The van der Waals surface area contributed by atoms with Crippen molar-refractivity contribution in [1.29, 1.82) is 0 Å². The maximum absolute atomic E-state index is 14.3. The first-order valence-electron chi connectivity index (χ1n) is 19.0. The predicted octanol–water partition coefficient (Wildman–Crippen LogP) is 7.60. The van der Waals surface area contributed by atoms with Crippen LogP contribution in [0.1, 0.15) is 40.5 Å². The minimum atomic E-state index is -0.568. The predicted molar refractivity (Wildman–Crippen MR) is 209 cm³/mol. The first-order valence-corrected chi connectivity index (χ1v) is 19.0. The summed E-state index contributed by atoms with van der Waals surface area (Å²) in [7, 11) is 0. The molecule has 0 radical (unpaired) electrons. The molecule has 52 heavy (non-hydrogen) atoms. The topological polar surface area (TPSA) is 67.6 Å². The number of carbonyl (C=O) groups excluding carboxylic acids is 3. The zero-order chi connectivity index (χ0) is 35.8. The number of urea groups is 1. The average molecular weight is 689 g/mol. The van der Waals surface area contributed by atoms with E-state index in [1.165, 1.54) is 64.3 Å². The maximum atomic E-state index is 14.3. The quantitative estimate of drug-likeness (QED) is 0.181. The van der Waals surface area contributed by atoms with Gasteiger partial charge in [-0.25, -0.2) is 4.79 Å². The molecule has 2 aliphatic carbocycles. The molecule has 9 rings (SSSR count). The minimum absolute atomic E-state index is 0.156. The lowest BCUT2D eigenvalue weighted by Gasteiger charge is -2.54. The third-order valence-corrected chi connectivity index (χ3v) is 12.3. The summed E-state index contributed by atoms with van der Waals surface area (Å²) in [5.74, 6) is -1.88. The fraction of sp³-hybridized carbons (Fsp3) is 0.311. The average Bonchev–Trinajstić information content (AvgIpc) is 3.62. The molecule has 4 amide bonds. The third-order valence-electron chi connectivity index (χ3n) is 12.3. The van der Waals surface area contributed by atoms with Gasteiger partial charge in [0.25, 0.3) is 0 Å². The Bertz CT molecular complexity index is 2450. The first kappa shape index (κ1) is 32.5. The lowest BCUT2D eigenvalue weighted by molar-refractivity contribution is -0.154. The fourth-order valence-electron chi connectivity index (χ4n) is 10.1. The Labute approximate surface area is 303 Å². The Kier molecular flexibility index (Phi) is 7.72. The molecule has 7 heteroatoms. The van der Waals surface area contributed by atoms with Crippen LogP contribution in [0.15, 0.2) is 96.1 Å². The Morgan fingerprint density at radius 1 is 0.519 bits per heavy atom. The monoisotopic (exact) mass is 688 g/mol.